The average Bonchev–Trinajstić information content (AvgIpc) is 2.13. The van der Waals surface area contributed by atoms with Crippen LogP contribution in [-0.4, -0.2) is 37.0 Å². The molecule has 1 aliphatic rings. The highest BCUT2D eigenvalue weighted by Crippen LogP contribution is 2.27. The Balaban J connectivity index is 2.84. The van der Waals surface area contributed by atoms with Crippen molar-refractivity contribution in [2.45, 2.75) is 33.6 Å². The molecule has 2 nitrogen and oxygen atoms in total. The SMILES string of the molecule is CCCN(C)C1=C(C)[C@H](C)CCN1C. The molecule has 0 saturated carbocycles. The minimum absolute atomic E-state index is 0.750. The second-order valence-corrected chi connectivity index (χ2v) is 4.54. The molecule has 0 unspecified atom stereocenters. The molecule has 0 fully saturated rings. The minimum Gasteiger partial charge on any atom is -0.361 e. The van der Waals surface area contributed by atoms with Gasteiger partial charge in [0.25, 0.3) is 0 Å². The van der Waals surface area contributed by atoms with Gasteiger partial charge in [0.15, 0.2) is 0 Å². The first kappa shape index (κ1) is 11.4. The van der Waals surface area contributed by atoms with E-state index in [9.17, 15) is 0 Å². The highest BCUT2D eigenvalue weighted by atomic mass is 15.3. The van der Waals surface area contributed by atoms with Crippen LogP contribution in [0, 0.1) is 5.92 Å². The van der Waals surface area contributed by atoms with Gasteiger partial charge in [-0.1, -0.05) is 13.8 Å². The molecule has 1 heterocycles. The van der Waals surface area contributed by atoms with Gasteiger partial charge < -0.3 is 9.80 Å². The van der Waals surface area contributed by atoms with Gasteiger partial charge in [0.1, 0.15) is 5.82 Å². The van der Waals surface area contributed by atoms with Crippen molar-refractivity contribution in [2.24, 2.45) is 5.92 Å². The molecule has 0 radical (unpaired) electrons. The van der Waals surface area contributed by atoms with Crippen LogP contribution in [0.1, 0.15) is 33.6 Å². The van der Waals surface area contributed by atoms with E-state index in [0.717, 1.165) is 12.5 Å². The molecule has 0 spiro atoms. The quantitative estimate of drug-likeness (QED) is 0.684. The average molecular weight is 196 g/mol. The minimum atomic E-state index is 0.750. The van der Waals surface area contributed by atoms with Crippen LogP contribution in [0.3, 0.4) is 0 Å². The molecule has 0 saturated heterocycles. The van der Waals surface area contributed by atoms with Crippen LogP contribution in [-0.2, 0) is 0 Å². The Morgan fingerprint density at radius 1 is 1.50 bits per heavy atom. The molecule has 0 amide bonds. The highest BCUT2D eigenvalue weighted by Gasteiger charge is 2.21. The predicted molar refractivity (Wildman–Crippen MR) is 62.0 cm³/mol. The number of hydrogen-bond acceptors (Lipinski definition) is 2. The van der Waals surface area contributed by atoms with Gasteiger partial charge in [0.05, 0.1) is 0 Å². The Morgan fingerprint density at radius 3 is 2.71 bits per heavy atom. The van der Waals surface area contributed by atoms with E-state index in [-0.39, 0.29) is 0 Å². The van der Waals surface area contributed by atoms with Crippen molar-refractivity contribution in [3.8, 4) is 0 Å². The van der Waals surface area contributed by atoms with Crippen LogP contribution in [0.25, 0.3) is 0 Å². The van der Waals surface area contributed by atoms with E-state index < -0.39 is 0 Å². The van der Waals surface area contributed by atoms with Crippen LogP contribution in [0.15, 0.2) is 11.4 Å². The van der Waals surface area contributed by atoms with Crippen LogP contribution in [0.2, 0.25) is 0 Å². The lowest BCUT2D eigenvalue weighted by Gasteiger charge is -2.38. The molecule has 0 N–H and O–H groups in total. The van der Waals surface area contributed by atoms with Crippen LogP contribution in [0.4, 0.5) is 0 Å². The molecule has 0 bridgehead atoms. The van der Waals surface area contributed by atoms with Gasteiger partial charge in [-0.3, -0.25) is 0 Å². The topological polar surface area (TPSA) is 6.48 Å². The number of nitrogens with zero attached hydrogens (tertiary/aromatic N) is 2. The van der Waals surface area contributed by atoms with E-state index in [4.69, 9.17) is 0 Å². The zero-order chi connectivity index (χ0) is 10.7. The second-order valence-electron chi connectivity index (χ2n) is 4.54. The summed E-state index contributed by atoms with van der Waals surface area (Å²) in [5, 5.41) is 0. The Morgan fingerprint density at radius 2 is 2.14 bits per heavy atom. The lowest BCUT2D eigenvalue weighted by Crippen LogP contribution is -2.37. The molecule has 0 aliphatic carbocycles. The largest absolute Gasteiger partial charge is 0.361 e. The standard InChI is InChI=1S/C12H24N2/c1-6-8-13(4)12-11(3)10(2)7-9-14(12)5/h10H,6-9H2,1-5H3/t10-/m1/s1. The van der Waals surface area contributed by atoms with Crippen LogP contribution < -0.4 is 0 Å². The fraction of sp³-hybridized carbons (Fsp3) is 0.833. The van der Waals surface area contributed by atoms with Crippen molar-refractivity contribution in [1.29, 1.82) is 0 Å². The fourth-order valence-corrected chi connectivity index (χ4v) is 2.26. The van der Waals surface area contributed by atoms with Gasteiger partial charge in [-0.25, -0.2) is 0 Å². The Kier molecular flexibility index (Phi) is 3.85. The van der Waals surface area contributed by atoms with Crippen molar-refractivity contribution in [3.63, 3.8) is 0 Å². The summed E-state index contributed by atoms with van der Waals surface area (Å²) in [6.07, 6.45) is 2.52. The molecular weight excluding hydrogens is 172 g/mol. The summed E-state index contributed by atoms with van der Waals surface area (Å²) >= 11 is 0. The monoisotopic (exact) mass is 196 g/mol. The van der Waals surface area contributed by atoms with Gasteiger partial charge in [0, 0.05) is 27.2 Å². The van der Waals surface area contributed by atoms with E-state index >= 15 is 0 Å². The second kappa shape index (κ2) is 4.72. The molecule has 14 heavy (non-hydrogen) atoms. The molecule has 0 aromatic rings. The lowest BCUT2D eigenvalue weighted by molar-refractivity contribution is 0.228. The van der Waals surface area contributed by atoms with E-state index in [2.05, 4.69) is 44.7 Å². The first-order chi connectivity index (χ1) is 6.57. The van der Waals surface area contributed by atoms with Gasteiger partial charge in [-0.15, -0.1) is 0 Å². The Hall–Kier alpha value is -0.660. The van der Waals surface area contributed by atoms with Crippen LogP contribution in [0.5, 0.6) is 0 Å². The van der Waals surface area contributed by atoms with Gasteiger partial charge >= 0.3 is 0 Å². The third-order valence-corrected chi connectivity index (χ3v) is 3.27. The third kappa shape index (κ3) is 2.23. The maximum Gasteiger partial charge on any atom is 0.103 e. The smallest absolute Gasteiger partial charge is 0.103 e. The zero-order valence-electron chi connectivity index (χ0n) is 10.3. The third-order valence-electron chi connectivity index (χ3n) is 3.27. The van der Waals surface area contributed by atoms with Crippen molar-refractivity contribution in [1.82, 2.24) is 9.80 Å². The lowest BCUT2D eigenvalue weighted by atomic mass is 9.95. The number of rotatable bonds is 3. The summed E-state index contributed by atoms with van der Waals surface area (Å²) in [5.74, 6) is 2.20. The number of hydrogen-bond donors (Lipinski definition) is 0. The maximum absolute atomic E-state index is 2.39. The number of allylic oxidation sites excluding steroid dienone is 1. The van der Waals surface area contributed by atoms with Crippen molar-refractivity contribution >= 4 is 0 Å². The summed E-state index contributed by atoms with van der Waals surface area (Å²) in [5.41, 5.74) is 1.55. The first-order valence-corrected chi connectivity index (χ1v) is 5.71. The van der Waals surface area contributed by atoms with Crippen LogP contribution >= 0.6 is 0 Å². The highest BCUT2D eigenvalue weighted by molar-refractivity contribution is 5.15. The molecule has 0 aromatic heterocycles. The molecule has 1 atom stereocenters. The predicted octanol–water partition coefficient (Wildman–Crippen LogP) is 2.53. The van der Waals surface area contributed by atoms with E-state index in [0.29, 0.717) is 0 Å². The molecular formula is C12H24N2. The van der Waals surface area contributed by atoms with Gasteiger partial charge in [0.2, 0.25) is 0 Å². The van der Waals surface area contributed by atoms with Crippen molar-refractivity contribution < 1.29 is 0 Å². The zero-order valence-corrected chi connectivity index (χ0v) is 10.3. The van der Waals surface area contributed by atoms with Crippen molar-refractivity contribution in [2.75, 3.05) is 27.2 Å². The summed E-state index contributed by atoms with van der Waals surface area (Å²) in [6.45, 7) is 9.20. The molecule has 2 heteroatoms. The first-order valence-electron chi connectivity index (χ1n) is 5.71. The fourth-order valence-electron chi connectivity index (χ4n) is 2.26. The summed E-state index contributed by atoms with van der Waals surface area (Å²) in [6, 6.07) is 0. The molecule has 1 rings (SSSR count). The normalized spacial score (nSPS) is 22.9. The summed E-state index contributed by atoms with van der Waals surface area (Å²) < 4.78 is 0. The molecule has 82 valence electrons. The van der Waals surface area contributed by atoms with Gasteiger partial charge in [-0.05, 0) is 31.3 Å². The summed E-state index contributed by atoms with van der Waals surface area (Å²) in [7, 11) is 4.41. The van der Waals surface area contributed by atoms with E-state index in [1.165, 1.54) is 25.2 Å². The summed E-state index contributed by atoms with van der Waals surface area (Å²) in [4.78, 5) is 4.79. The van der Waals surface area contributed by atoms with Gasteiger partial charge in [-0.2, -0.15) is 0 Å². The van der Waals surface area contributed by atoms with E-state index in [1.54, 1.807) is 5.57 Å². The molecule has 0 aromatic carbocycles. The maximum atomic E-state index is 2.39. The Labute approximate surface area is 88.6 Å². The Bertz CT molecular complexity index is 220. The van der Waals surface area contributed by atoms with E-state index in [1.807, 2.05) is 0 Å². The molecule has 1 aliphatic heterocycles. The van der Waals surface area contributed by atoms with Crippen molar-refractivity contribution in [3.05, 3.63) is 11.4 Å².